The van der Waals surface area contributed by atoms with Crippen LogP contribution in [-0.2, 0) is 39.2 Å². The topological polar surface area (TPSA) is 220 Å². The molecule has 0 aliphatic heterocycles. The minimum Gasteiger partial charge on any atom is -0.745 e. The van der Waals surface area contributed by atoms with Gasteiger partial charge in [-0.05, 0) is 51.0 Å². The van der Waals surface area contributed by atoms with Gasteiger partial charge in [-0.1, -0.05) is 269 Å². The summed E-state index contributed by atoms with van der Waals surface area (Å²) in [6.07, 6.45) is 48.9. The zero-order valence-electron chi connectivity index (χ0n) is 49.3. The van der Waals surface area contributed by atoms with Crippen LogP contribution in [0.15, 0.2) is 48.5 Å². The van der Waals surface area contributed by atoms with Crippen LogP contribution in [0, 0.1) is 0 Å². The molecule has 0 aromatic heterocycles. The second kappa shape index (κ2) is 50.0. The molecule has 0 saturated heterocycles. The Morgan fingerprint density at radius 1 is 0.342 bits per heavy atom. The van der Waals surface area contributed by atoms with Gasteiger partial charge >= 0.3 is 61.6 Å². The zero-order valence-corrected chi connectivity index (χ0v) is 53.1. The Balaban J connectivity index is 0.00000152. The third kappa shape index (κ3) is 41.1. The summed E-state index contributed by atoms with van der Waals surface area (Å²) >= 11 is 0. The first kappa shape index (κ1) is 76.4. The average molecular weight is 1180 g/mol. The van der Waals surface area contributed by atoms with E-state index in [-0.39, 0.29) is 73.2 Å². The van der Waals surface area contributed by atoms with E-state index in [1.807, 2.05) is 0 Å². The molecule has 2 aromatic rings. The molecule has 0 amide bonds. The van der Waals surface area contributed by atoms with Gasteiger partial charge in [0.1, 0.15) is 20.2 Å². The third-order valence-corrected chi connectivity index (χ3v) is 15.9. The molecule has 2 unspecified atom stereocenters. The van der Waals surface area contributed by atoms with Crippen molar-refractivity contribution < 1.29 is 64.1 Å². The van der Waals surface area contributed by atoms with Crippen molar-refractivity contribution in [1.29, 1.82) is 0 Å². The quantitative estimate of drug-likeness (QED) is 0.0198. The summed E-state index contributed by atoms with van der Waals surface area (Å²) in [5.41, 5.74) is -4.00. The number of hydrogen-bond acceptors (Lipinski definition) is 14. The van der Waals surface area contributed by atoms with Crippen LogP contribution in [0.5, 0.6) is 0 Å². The number of carbonyl (C=O) groups excluding carboxylic acids is 4. The van der Waals surface area contributed by atoms with Gasteiger partial charge in [0.25, 0.3) is 0 Å². The Morgan fingerprint density at radius 2 is 0.519 bits per heavy atom. The molecule has 0 spiro atoms. The molecule has 0 heterocycles. The number of rotatable bonds is 48. The van der Waals surface area contributed by atoms with E-state index in [4.69, 9.17) is 18.9 Å². The van der Waals surface area contributed by atoms with Crippen LogP contribution in [0.1, 0.15) is 313 Å². The van der Waals surface area contributed by atoms with E-state index in [1.54, 1.807) is 12.1 Å². The Labute approximate surface area is 508 Å². The van der Waals surface area contributed by atoms with Gasteiger partial charge in [0.15, 0.2) is 10.9 Å². The molecule has 17 heteroatoms. The average Bonchev–Trinajstić information content (AvgIpc) is 3.41. The fourth-order valence-corrected chi connectivity index (χ4v) is 9.48. The Hall–Kier alpha value is -2.60. The standard InChI is InChI=1S/2C31H52O7S.Ca/c2*1-3-4-5-6-7-8-9-10-11-12-13-14-15-16-17-18-19-20-23-26-37-30(32)28-24-21-22-25-29(28)31(33)38-27(2)39(34,35)36;/h2*21-22,24-25,27H,3-20,23,26H2,1-2H3,(H,34,35,36);/q;;+2/p-2. The summed E-state index contributed by atoms with van der Waals surface area (Å²) < 4.78 is 86.0. The second-order valence-corrected chi connectivity index (χ2v) is 24.3. The van der Waals surface area contributed by atoms with Crippen molar-refractivity contribution in [1.82, 2.24) is 0 Å². The van der Waals surface area contributed by atoms with E-state index in [0.717, 1.165) is 52.4 Å². The van der Waals surface area contributed by atoms with E-state index in [1.165, 1.54) is 242 Å². The SMILES string of the molecule is CCCCCCCCCCCCCCCCCCCCCOC(=O)c1ccccc1C(=O)OC(C)S(=O)(=O)[O-].CCCCCCCCCCCCCCCCCCCCCOC(=O)c1ccccc1C(=O)OC(C)S(=O)(=O)[O-].[Ca+2]. The van der Waals surface area contributed by atoms with Crippen molar-refractivity contribution in [2.24, 2.45) is 0 Å². The van der Waals surface area contributed by atoms with Gasteiger partial charge in [0.05, 0.1) is 35.5 Å². The van der Waals surface area contributed by atoms with Gasteiger partial charge in [-0.3, -0.25) is 0 Å². The Morgan fingerprint density at radius 3 is 0.709 bits per heavy atom. The number of carbonyl (C=O) groups is 4. The molecule has 0 saturated carbocycles. The second-order valence-electron chi connectivity index (χ2n) is 21.0. The van der Waals surface area contributed by atoms with E-state index < -0.39 is 55.0 Å². The first-order valence-electron chi connectivity index (χ1n) is 30.4. The van der Waals surface area contributed by atoms with E-state index in [0.29, 0.717) is 0 Å². The first-order chi connectivity index (χ1) is 37.5. The van der Waals surface area contributed by atoms with Crippen molar-refractivity contribution >= 4 is 81.9 Å². The molecule has 0 aliphatic carbocycles. The van der Waals surface area contributed by atoms with Crippen LogP contribution in [0.25, 0.3) is 0 Å². The van der Waals surface area contributed by atoms with Crippen LogP contribution in [0.3, 0.4) is 0 Å². The zero-order chi connectivity index (χ0) is 57.5. The monoisotopic (exact) mass is 1170 g/mol. The molecule has 2 aromatic carbocycles. The van der Waals surface area contributed by atoms with E-state index >= 15 is 0 Å². The van der Waals surface area contributed by atoms with Gasteiger partial charge < -0.3 is 28.1 Å². The molecule has 0 radical (unpaired) electrons. The molecule has 14 nitrogen and oxygen atoms in total. The summed E-state index contributed by atoms with van der Waals surface area (Å²) in [5.74, 6) is -3.47. The van der Waals surface area contributed by atoms with Gasteiger partial charge in [-0.15, -0.1) is 0 Å². The van der Waals surface area contributed by atoms with E-state index in [9.17, 15) is 45.1 Å². The van der Waals surface area contributed by atoms with Gasteiger partial charge in [0.2, 0.25) is 0 Å². The van der Waals surface area contributed by atoms with Gasteiger partial charge in [-0.2, -0.15) is 0 Å². The molecule has 2 rings (SSSR count). The maximum Gasteiger partial charge on any atom is 2.00 e. The van der Waals surface area contributed by atoms with Crippen molar-refractivity contribution in [3.63, 3.8) is 0 Å². The summed E-state index contributed by atoms with van der Waals surface area (Å²) in [6, 6.07) is 11.7. The number of ether oxygens (including phenoxy) is 4. The molecular weight excluding hydrogens is 1070 g/mol. The summed E-state index contributed by atoms with van der Waals surface area (Å²) in [7, 11) is -9.58. The molecule has 0 N–H and O–H groups in total. The fraction of sp³-hybridized carbons (Fsp3) is 0.742. The Kier molecular flexibility index (Phi) is 48.3. The van der Waals surface area contributed by atoms with Gasteiger partial charge in [0, 0.05) is 0 Å². The van der Waals surface area contributed by atoms with E-state index in [2.05, 4.69) is 13.8 Å². The van der Waals surface area contributed by atoms with Crippen LogP contribution in [0.2, 0.25) is 0 Å². The summed E-state index contributed by atoms with van der Waals surface area (Å²) in [4.78, 5) is 49.4. The van der Waals surface area contributed by atoms with Crippen LogP contribution in [-0.4, -0.2) is 112 Å². The normalized spacial score (nSPS) is 12.1. The predicted octanol–water partition coefficient (Wildman–Crippen LogP) is 16.3. The minimum absolute atomic E-state index is 0. The molecule has 79 heavy (non-hydrogen) atoms. The van der Waals surface area contributed by atoms with Crippen LogP contribution in [0.4, 0.5) is 0 Å². The summed E-state index contributed by atoms with van der Waals surface area (Å²) in [5, 5.41) is 0. The molecule has 0 aliphatic rings. The minimum atomic E-state index is -4.79. The van der Waals surface area contributed by atoms with Gasteiger partial charge in [-0.25, -0.2) is 36.0 Å². The molecule has 0 fully saturated rings. The van der Waals surface area contributed by atoms with Crippen molar-refractivity contribution in [2.75, 3.05) is 13.2 Å². The third-order valence-electron chi connectivity index (χ3n) is 14.1. The van der Waals surface area contributed by atoms with Crippen molar-refractivity contribution in [2.45, 2.75) is 283 Å². The van der Waals surface area contributed by atoms with Crippen molar-refractivity contribution in [3.8, 4) is 0 Å². The summed E-state index contributed by atoms with van der Waals surface area (Å²) in [6.45, 7) is 6.96. The maximum absolute atomic E-state index is 12.4. The van der Waals surface area contributed by atoms with Crippen LogP contribution < -0.4 is 0 Å². The number of unbranched alkanes of at least 4 members (excludes halogenated alkanes) is 36. The largest absolute Gasteiger partial charge is 2.00 e. The molecule has 2 atom stereocenters. The number of hydrogen-bond donors (Lipinski definition) is 0. The number of esters is 4. The fourth-order valence-electron chi connectivity index (χ4n) is 9.07. The number of benzene rings is 2. The van der Waals surface area contributed by atoms with Crippen molar-refractivity contribution in [3.05, 3.63) is 70.8 Å². The molecule has 0 bridgehead atoms. The molecular formula is C62H102CaO14S2. The maximum atomic E-state index is 12.4. The van der Waals surface area contributed by atoms with Crippen LogP contribution >= 0.6 is 0 Å². The molecule has 448 valence electrons. The first-order valence-corrected chi connectivity index (χ1v) is 33.3. The predicted molar refractivity (Wildman–Crippen MR) is 315 cm³/mol. The smallest absolute Gasteiger partial charge is 0.745 e. The Bertz CT molecular complexity index is 1950.